The summed E-state index contributed by atoms with van der Waals surface area (Å²) in [5.74, 6) is 1.05. The summed E-state index contributed by atoms with van der Waals surface area (Å²) in [6, 6.07) is 21.0. The molecule has 1 heterocycles. The molecule has 2 aromatic carbocycles. The lowest BCUT2D eigenvalue weighted by Gasteiger charge is -2.01. The van der Waals surface area contributed by atoms with Gasteiger partial charge in [-0.2, -0.15) is 0 Å². The summed E-state index contributed by atoms with van der Waals surface area (Å²) >= 11 is 0. The van der Waals surface area contributed by atoms with Crippen LogP contribution >= 0.6 is 0 Å². The van der Waals surface area contributed by atoms with E-state index < -0.39 is 0 Å². The first-order valence-corrected chi connectivity index (χ1v) is 8.04. The quantitative estimate of drug-likeness (QED) is 0.679. The summed E-state index contributed by atoms with van der Waals surface area (Å²) in [5.41, 5.74) is 4.86. The van der Waals surface area contributed by atoms with E-state index in [1.807, 2.05) is 12.1 Å². The summed E-state index contributed by atoms with van der Waals surface area (Å²) in [6.45, 7) is 2.23. The topological polar surface area (TPSA) is 28.7 Å². The Morgan fingerprint density at radius 1 is 0.909 bits per heavy atom. The number of rotatable bonds is 6. The van der Waals surface area contributed by atoms with Gasteiger partial charge in [0, 0.05) is 17.7 Å². The molecule has 0 spiro atoms. The monoisotopic (exact) mass is 290 g/mol. The molecule has 112 valence electrons. The molecule has 0 amide bonds. The first kappa shape index (κ1) is 14.6. The number of aryl methyl sites for hydroxylation is 1. The third-order valence-electron chi connectivity index (χ3n) is 3.87. The highest BCUT2D eigenvalue weighted by Gasteiger charge is 2.12. The van der Waals surface area contributed by atoms with Gasteiger partial charge in [0.15, 0.2) is 0 Å². The summed E-state index contributed by atoms with van der Waals surface area (Å²) in [7, 11) is 0. The number of nitrogens with one attached hydrogen (secondary N) is 1. The predicted molar refractivity (Wildman–Crippen MR) is 91.9 cm³/mol. The number of hydrogen-bond donors (Lipinski definition) is 1. The number of nitrogens with zero attached hydrogens (tertiary/aromatic N) is 1. The zero-order valence-corrected chi connectivity index (χ0v) is 13.0. The smallest absolute Gasteiger partial charge is 0.111 e. The average Bonchev–Trinajstić information content (AvgIpc) is 2.97. The number of imidazole rings is 1. The molecule has 22 heavy (non-hydrogen) atoms. The normalized spacial score (nSPS) is 10.8. The molecular formula is C20H22N2. The maximum atomic E-state index is 4.87. The molecule has 0 aliphatic rings. The molecule has 0 bridgehead atoms. The van der Waals surface area contributed by atoms with Gasteiger partial charge in [0.25, 0.3) is 0 Å². The Morgan fingerprint density at radius 3 is 2.27 bits per heavy atom. The van der Waals surface area contributed by atoms with Crippen molar-refractivity contribution in [3.8, 4) is 11.3 Å². The zero-order valence-electron chi connectivity index (χ0n) is 13.0. The Kier molecular flexibility index (Phi) is 4.69. The minimum absolute atomic E-state index is 0.854. The Balaban J connectivity index is 1.90. The molecule has 3 rings (SSSR count). The maximum Gasteiger partial charge on any atom is 0.111 e. The highest BCUT2D eigenvalue weighted by molar-refractivity contribution is 5.62. The van der Waals surface area contributed by atoms with Crippen molar-refractivity contribution in [1.82, 2.24) is 9.97 Å². The van der Waals surface area contributed by atoms with Gasteiger partial charge in [-0.25, -0.2) is 4.98 Å². The number of aromatic nitrogens is 2. The number of aromatic amines is 1. The fourth-order valence-corrected chi connectivity index (χ4v) is 2.71. The van der Waals surface area contributed by atoms with Crippen LogP contribution in [0, 0.1) is 0 Å². The van der Waals surface area contributed by atoms with Crippen LogP contribution in [0.3, 0.4) is 0 Å². The van der Waals surface area contributed by atoms with Crippen LogP contribution in [-0.2, 0) is 12.8 Å². The van der Waals surface area contributed by atoms with Crippen molar-refractivity contribution in [2.45, 2.75) is 32.6 Å². The Hall–Kier alpha value is -2.35. The lowest BCUT2D eigenvalue weighted by atomic mass is 10.1. The second-order valence-electron chi connectivity index (χ2n) is 5.64. The Labute approximate surface area is 132 Å². The Morgan fingerprint density at radius 2 is 1.59 bits per heavy atom. The summed E-state index contributed by atoms with van der Waals surface area (Å²) in [4.78, 5) is 8.43. The average molecular weight is 290 g/mol. The molecule has 0 saturated carbocycles. The third-order valence-corrected chi connectivity index (χ3v) is 3.87. The van der Waals surface area contributed by atoms with E-state index in [1.54, 1.807) is 0 Å². The highest BCUT2D eigenvalue weighted by atomic mass is 14.9. The van der Waals surface area contributed by atoms with Crippen LogP contribution in [0.1, 0.15) is 36.8 Å². The van der Waals surface area contributed by atoms with E-state index in [1.165, 1.54) is 29.7 Å². The summed E-state index contributed by atoms with van der Waals surface area (Å²) in [6.07, 6.45) is 4.30. The van der Waals surface area contributed by atoms with Gasteiger partial charge in [0.2, 0.25) is 0 Å². The van der Waals surface area contributed by atoms with E-state index in [4.69, 9.17) is 4.98 Å². The van der Waals surface area contributed by atoms with Gasteiger partial charge in [0.05, 0.1) is 5.69 Å². The van der Waals surface area contributed by atoms with Crippen LogP contribution < -0.4 is 0 Å². The van der Waals surface area contributed by atoms with Crippen molar-refractivity contribution in [3.05, 3.63) is 77.7 Å². The number of H-pyrrole nitrogens is 1. The van der Waals surface area contributed by atoms with Gasteiger partial charge >= 0.3 is 0 Å². The fourth-order valence-electron chi connectivity index (χ4n) is 2.71. The molecule has 2 heteroatoms. The van der Waals surface area contributed by atoms with Crippen molar-refractivity contribution in [3.63, 3.8) is 0 Å². The molecule has 0 aliphatic heterocycles. The molecule has 0 fully saturated rings. The largest absolute Gasteiger partial charge is 0.345 e. The molecule has 0 aliphatic carbocycles. The lowest BCUT2D eigenvalue weighted by Crippen LogP contribution is -1.91. The van der Waals surface area contributed by atoms with E-state index in [9.17, 15) is 0 Å². The maximum absolute atomic E-state index is 4.87. The predicted octanol–water partition coefficient (Wildman–Crippen LogP) is 5.01. The van der Waals surface area contributed by atoms with Crippen molar-refractivity contribution in [2.75, 3.05) is 0 Å². The van der Waals surface area contributed by atoms with E-state index in [-0.39, 0.29) is 0 Å². The van der Waals surface area contributed by atoms with Crippen LogP contribution in [0.5, 0.6) is 0 Å². The minimum atomic E-state index is 0.854. The van der Waals surface area contributed by atoms with Gasteiger partial charge in [-0.05, 0) is 18.4 Å². The molecule has 3 aromatic rings. The van der Waals surface area contributed by atoms with E-state index in [0.717, 1.165) is 24.4 Å². The minimum Gasteiger partial charge on any atom is -0.345 e. The second-order valence-corrected chi connectivity index (χ2v) is 5.64. The summed E-state index contributed by atoms with van der Waals surface area (Å²) in [5, 5.41) is 0. The zero-order chi connectivity index (χ0) is 15.2. The van der Waals surface area contributed by atoms with Gasteiger partial charge in [-0.15, -0.1) is 0 Å². The van der Waals surface area contributed by atoms with Crippen molar-refractivity contribution >= 4 is 0 Å². The molecule has 0 radical (unpaired) electrons. The molecular weight excluding hydrogens is 268 g/mol. The van der Waals surface area contributed by atoms with Crippen LogP contribution in [0.25, 0.3) is 11.3 Å². The fraction of sp³-hybridized carbons (Fsp3) is 0.250. The summed E-state index contributed by atoms with van der Waals surface area (Å²) < 4.78 is 0. The van der Waals surface area contributed by atoms with Crippen molar-refractivity contribution in [1.29, 1.82) is 0 Å². The van der Waals surface area contributed by atoms with E-state index in [0.29, 0.717) is 0 Å². The SMILES string of the molecule is CCCCc1[nH]c(Cc2ccccc2)nc1-c1ccccc1. The standard InChI is InChI=1S/C20H22N2/c1-2-3-14-18-20(17-12-8-5-9-13-17)22-19(21-18)15-16-10-6-4-7-11-16/h4-13H,2-3,14-15H2,1H3,(H,21,22). The molecule has 0 unspecified atom stereocenters. The first-order chi connectivity index (χ1) is 10.9. The first-order valence-electron chi connectivity index (χ1n) is 8.04. The van der Waals surface area contributed by atoms with Crippen LogP contribution in [0.4, 0.5) is 0 Å². The molecule has 1 N–H and O–H groups in total. The number of unbranched alkanes of at least 4 members (excludes halogenated alkanes) is 1. The van der Waals surface area contributed by atoms with Gasteiger partial charge < -0.3 is 4.98 Å². The van der Waals surface area contributed by atoms with E-state index >= 15 is 0 Å². The Bertz CT molecular complexity index is 699. The van der Waals surface area contributed by atoms with Gasteiger partial charge in [0.1, 0.15) is 5.82 Å². The molecule has 0 atom stereocenters. The number of benzene rings is 2. The number of hydrogen-bond acceptors (Lipinski definition) is 1. The van der Waals surface area contributed by atoms with Crippen molar-refractivity contribution < 1.29 is 0 Å². The van der Waals surface area contributed by atoms with Crippen LogP contribution in [0.15, 0.2) is 60.7 Å². The highest BCUT2D eigenvalue weighted by Crippen LogP contribution is 2.23. The van der Waals surface area contributed by atoms with Gasteiger partial charge in [-0.1, -0.05) is 74.0 Å². The second kappa shape index (κ2) is 7.08. The molecule has 2 nitrogen and oxygen atoms in total. The van der Waals surface area contributed by atoms with E-state index in [2.05, 4.69) is 60.4 Å². The molecule has 1 aromatic heterocycles. The van der Waals surface area contributed by atoms with Gasteiger partial charge in [-0.3, -0.25) is 0 Å². The third kappa shape index (κ3) is 3.45. The van der Waals surface area contributed by atoms with Crippen molar-refractivity contribution in [2.24, 2.45) is 0 Å². The van der Waals surface area contributed by atoms with Crippen LogP contribution in [-0.4, -0.2) is 9.97 Å². The van der Waals surface area contributed by atoms with Crippen LogP contribution in [0.2, 0.25) is 0 Å². The molecule has 0 saturated heterocycles. The lowest BCUT2D eigenvalue weighted by molar-refractivity contribution is 0.779.